The summed E-state index contributed by atoms with van der Waals surface area (Å²) in [6.07, 6.45) is -0.688. The largest absolute Gasteiger partial charge is 0.473 e. The fourth-order valence-electron chi connectivity index (χ4n) is 1.40. The number of carbonyl (C=O) groups excluding carboxylic acids is 1. The maximum absolute atomic E-state index is 11.9. The fraction of sp³-hybridized carbons (Fsp3) is 0.769. The van der Waals surface area contributed by atoms with Gasteiger partial charge in [0.2, 0.25) is 5.69 Å². The summed E-state index contributed by atoms with van der Waals surface area (Å²) in [6.45, 7) is 10.2. The maximum Gasteiger partial charge on any atom is 0.276 e. The van der Waals surface area contributed by atoms with Crippen LogP contribution in [0.4, 0.5) is 0 Å². The number of hydrogen-bond donors (Lipinski definition) is 3. The Labute approximate surface area is 129 Å². The SMILES string of the molecule is CC(C)NC(=O)c1nsnc1OCC(O)CNC(C)(C)C. The van der Waals surface area contributed by atoms with Crippen molar-refractivity contribution in [3.63, 3.8) is 0 Å². The number of nitrogens with zero attached hydrogens (tertiary/aromatic N) is 2. The molecule has 21 heavy (non-hydrogen) atoms. The van der Waals surface area contributed by atoms with Crippen LogP contribution in [-0.2, 0) is 0 Å². The van der Waals surface area contributed by atoms with Crippen molar-refractivity contribution in [2.24, 2.45) is 0 Å². The highest BCUT2D eigenvalue weighted by Crippen LogP contribution is 2.15. The summed E-state index contributed by atoms with van der Waals surface area (Å²) >= 11 is 0.908. The van der Waals surface area contributed by atoms with Gasteiger partial charge < -0.3 is 20.5 Å². The molecular formula is C13H24N4O3S. The molecule has 1 atom stereocenters. The summed E-state index contributed by atoms with van der Waals surface area (Å²) in [5.41, 5.74) is 0.0792. The lowest BCUT2D eigenvalue weighted by atomic mass is 10.1. The second kappa shape index (κ2) is 7.67. The van der Waals surface area contributed by atoms with Gasteiger partial charge in [-0.1, -0.05) is 0 Å². The Morgan fingerprint density at radius 3 is 2.62 bits per heavy atom. The van der Waals surface area contributed by atoms with Crippen LogP contribution in [0.1, 0.15) is 45.1 Å². The van der Waals surface area contributed by atoms with Crippen molar-refractivity contribution in [1.29, 1.82) is 0 Å². The molecule has 0 aliphatic heterocycles. The Morgan fingerprint density at radius 1 is 1.38 bits per heavy atom. The Hall–Kier alpha value is -1.25. The van der Waals surface area contributed by atoms with Gasteiger partial charge in [0.25, 0.3) is 11.8 Å². The van der Waals surface area contributed by atoms with Crippen molar-refractivity contribution in [2.45, 2.75) is 52.3 Å². The molecule has 0 aliphatic carbocycles. The van der Waals surface area contributed by atoms with E-state index in [4.69, 9.17) is 4.74 Å². The third-order valence-electron chi connectivity index (χ3n) is 2.37. The van der Waals surface area contributed by atoms with Crippen LogP contribution in [0.5, 0.6) is 5.88 Å². The standard InChI is InChI=1S/C13H24N4O3S/c1-8(2)15-11(19)10-12(17-21-16-10)20-7-9(18)6-14-13(3,4)5/h8-9,14,18H,6-7H2,1-5H3,(H,15,19). The monoisotopic (exact) mass is 316 g/mol. The number of carbonyl (C=O) groups is 1. The maximum atomic E-state index is 11.9. The fourth-order valence-corrected chi connectivity index (χ4v) is 1.90. The molecule has 1 rings (SSSR count). The molecule has 7 nitrogen and oxygen atoms in total. The van der Waals surface area contributed by atoms with Crippen LogP contribution >= 0.6 is 11.7 Å². The zero-order chi connectivity index (χ0) is 16.0. The van der Waals surface area contributed by atoms with E-state index in [-0.39, 0.29) is 35.7 Å². The van der Waals surface area contributed by atoms with E-state index < -0.39 is 6.10 Å². The second-order valence-electron chi connectivity index (χ2n) is 6.14. The summed E-state index contributed by atoms with van der Waals surface area (Å²) in [7, 11) is 0. The van der Waals surface area contributed by atoms with Crippen molar-refractivity contribution in [2.75, 3.05) is 13.2 Å². The van der Waals surface area contributed by atoms with Crippen LogP contribution < -0.4 is 15.4 Å². The molecule has 1 unspecified atom stereocenters. The van der Waals surface area contributed by atoms with E-state index in [1.54, 1.807) is 0 Å². The van der Waals surface area contributed by atoms with E-state index in [0.717, 1.165) is 11.7 Å². The van der Waals surface area contributed by atoms with Crippen LogP contribution in [0, 0.1) is 0 Å². The number of hydrogen-bond acceptors (Lipinski definition) is 7. The molecule has 0 saturated carbocycles. The van der Waals surface area contributed by atoms with Gasteiger partial charge in [-0.2, -0.15) is 4.37 Å². The summed E-state index contributed by atoms with van der Waals surface area (Å²) in [5, 5.41) is 15.8. The Balaban J connectivity index is 2.49. The van der Waals surface area contributed by atoms with E-state index in [0.29, 0.717) is 6.54 Å². The van der Waals surface area contributed by atoms with Gasteiger partial charge in [0.15, 0.2) is 0 Å². The topological polar surface area (TPSA) is 96.4 Å². The van der Waals surface area contributed by atoms with Crippen LogP contribution in [0.2, 0.25) is 0 Å². The number of rotatable bonds is 7. The van der Waals surface area contributed by atoms with Crippen molar-refractivity contribution in [3.8, 4) is 5.88 Å². The van der Waals surface area contributed by atoms with Crippen LogP contribution in [0.15, 0.2) is 0 Å². The summed E-state index contributed by atoms with van der Waals surface area (Å²) in [6, 6.07) is 0.00799. The molecule has 3 N–H and O–H groups in total. The number of aliphatic hydroxyl groups excluding tert-OH is 1. The smallest absolute Gasteiger partial charge is 0.276 e. The first-order valence-corrected chi connectivity index (χ1v) is 7.61. The molecule has 120 valence electrons. The average molecular weight is 316 g/mol. The lowest BCUT2D eigenvalue weighted by Gasteiger charge is -2.22. The lowest BCUT2D eigenvalue weighted by Crippen LogP contribution is -2.42. The van der Waals surface area contributed by atoms with E-state index >= 15 is 0 Å². The number of aromatic nitrogens is 2. The van der Waals surface area contributed by atoms with E-state index in [2.05, 4.69) is 19.4 Å². The van der Waals surface area contributed by atoms with E-state index in [1.807, 2.05) is 34.6 Å². The summed E-state index contributed by atoms with van der Waals surface area (Å²) in [4.78, 5) is 11.9. The average Bonchev–Trinajstić information content (AvgIpc) is 2.80. The highest BCUT2D eigenvalue weighted by Gasteiger charge is 2.20. The van der Waals surface area contributed by atoms with Gasteiger partial charge in [-0.3, -0.25) is 4.79 Å². The van der Waals surface area contributed by atoms with Gasteiger partial charge in [-0.15, -0.1) is 4.37 Å². The molecule has 0 fully saturated rings. The summed E-state index contributed by atoms with van der Waals surface area (Å²) < 4.78 is 13.3. The third-order valence-corrected chi connectivity index (χ3v) is 2.89. The van der Waals surface area contributed by atoms with Crippen LogP contribution in [0.25, 0.3) is 0 Å². The normalized spacial score (nSPS) is 13.3. The number of aliphatic hydroxyl groups is 1. The molecule has 0 aliphatic rings. The Morgan fingerprint density at radius 2 is 2.05 bits per heavy atom. The molecule has 0 radical (unpaired) electrons. The predicted octanol–water partition coefficient (Wildman–Crippen LogP) is 0.804. The van der Waals surface area contributed by atoms with Crippen molar-refractivity contribution < 1.29 is 14.6 Å². The van der Waals surface area contributed by atoms with Crippen molar-refractivity contribution in [3.05, 3.63) is 5.69 Å². The number of β-amino-alcohol motifs (C(OH)–C–C–N with tert-alkyl or cyclic N) is 1. The number of amides is 1. The lowest BCUT2D eigenvalue weighted by molar-refractivity contribution is 0.0894. The van der Waals surface area contributed by atoms with Crippen molar-refractivity contribution >= 4 is 17.6 Å². The highest BCUT2D eigenvalue weighted by molar-refractivity contribution is 6.99. The van der Waals surface area contributed by atoms with Crippen LogP contribution in [-0.4, -0.2) is 50.6 Å². The number of nitrogens with one attached hydrogen (secondary N) is 2. The molecule has 0 bridgehead atoms. The van der Waals surface area contributed by atoms with Crippen LogP contribution in [0.3, 0.4) is 0 Å². The van der Waals surface area contributed by atoms with Gasteiger partial charge in [-0.25, -0.2) is 0 Å². The van der Waals surface area contributed by atoms with E-state index in [9.17, 15) is 9.90 Å². The third kappa shape index (κ3) is 6.83. The van der Waals surface area contributed by atoms with E-state index in [1.165, 1.54) is 0 Å². The van der Waals surface area contributed by atoms with Gasteiger partial charge in [0, 0.05) is 18.1 Å². The van der Waals surface area contributed by atoms with Crippen molar-refractivity contribution in [1.82, 2.24) is 19.4 Å². The predicted molar refractivity (Wildman–Crippen MR) is 81.8 cm³/mol. The zero-order valence-corrected chi connectivity index (χ0v) is 14.0. The van der Waals surface area contributed by atoms with Gasteiger partial charge in [0.05, 0.1) is 11.7 Å². The minimum Gasteiger partial charge on any atom is -0.473 e. The molecule has 0 spiro atoms. The molecule has 8 heteroatoms. The quantitative estimate of drug-likeness (QED) is 0.689. The highest BCUT2D eigenvalue weighted by atomic mass is 32.1. The number of ether oxygens (including phenoxy) is 1. The first kappa shape index (κ1) is 17.8. The molecule has 0 aromatic carbocycles. The zero-order valence-electron chi connectivity index (χ0n) is 13.1. The molecule has 0 saturated heterocycles. The molecular weight excluding hydrogens is 292 g/mol. The second-order valence-corrected chi connectivity index (χ2v) is 6.67. The molecule has 1 aromatic heterocycles. The minimum atomic E-state index is -0.688. The first-order valence-electron chi connectivity index (χ1n) is 6.88. The Bertz CT molecular complexity index is 457. The van der Waals surface area contributed by atoms with Gasteiger partial charge >= 0.3 is 0 Å². The summed E-state index contributed by atoms with van der Waals surface area (Å²) in [5.74, 6) is -0.163. The minimum absolute atomic E-state index is 0.00799. The first-order chi connectivity index (χ1) is 9.69. The molecule has 1 heterocycles. The molecule has 1 aromatic rings. The molecule has 1 amide bonds. The Kier molecular flexibility index (Phi) is 6.50. The van der Waals surface area contributed by atoms with Gasteiger partial charge in [-0.05, 0) is 34.6 Å². The van der Waals surface area contributed by atoms with Gasteiger partial charge in [0.1, 0.15) is 12.7 Å².